The molecule has 0 saturated carbocycles. The minimum Gasteiger partial charge on any atom is -0.155 e. The first-order valence-electron chi connectivity index (χ1n) is 6.76. The van der Waals surface area contributed by atoms with Gasteiger partial charge in [0.25, 0.3) is 0 Å². The number of aryl methyl sites for hydroxylation is 3. The van der Waals surface area contributed by atoms with Crippen molar-refractivity contribution in [1.82, 2.24) is 10.2 Å². The van der Waals surface area contributed by atoms with Crippen LogP contribution in [0.4, 0.5) is 0 Å². The fourth-order valence-corrected chi connectivity index (χ4v) is 2.66. The maximum atomic E-state index is 4.45. The molecule has 1 aromatic carbocycles. The van der Waals surface area contributed by atoms with Crippen molar-refractivity contribution in [2.24, 2.45) is 0 Å². The molecule has 0 unspecified atom stereocenters. The van der Waals surface area contributed by atoms with Crippen LogP contribution >= 0.6 is 0 Å². The Kier molecular flexibility index (Phi) is 3.09. The number of hydrogen-bond donors (Lipinski definition) is 0. The van der Waals surface area contributed by atoms with Gasteiger partial charge in [-0.2, -0.15) is 10.2 Å². The molecule has 0 atom stereocenters. The van der Waals surface area contributed by atoms with Crippen LogP contribution in [0.15, 0.2) is 30.3 Å². The van der Waals surface area contributed by atoms with Crippen molar-refractivity contribution in [3.63, 3.8) is 0 Å². The zero-order chi connectivity index (χ0) is 12.4. The standard InChI is InChI=1S/C16H18N2/c1-12-7-5-6-9-14(12)16-11-13-8-3-2-4-10-15(13)17-18-16/h5-7,9,11H,2-4,8,10H2,1H3. The molecule has 0 radical (unpaired) electrons. The van der Waals surface area contributed by atoms with Crippen LogP contribution in [0.1, 0.15) is 36.1 Å². The second-order valence-electron chi connectivity index (χ2n) is 5.08. The first-order valence-corrected chi connectivity index (χ1v) is 6.76. The highest BCUT2D eigenvalue weighted by Crippen LogP contribution is 2.25. The van der Waals surface area contributed by atoms with Crippen LogP contribution in [-0.4, -0.2) is 10.2 Å². The second-order valence-corrected chi connectivity index (χ2v) is 5.08. The maximum absolute atomic E-state index is 4.45. The van der Waals surface area contributed by atoms with Crippen molar-refractivity contribution in [1.29, 1.82) is 0 Å². The molecule has 0 saturated heterocycles. The third kappa shape index (κ3) is 2.15. The Hall–Kier alpha value is -1.70. The SMILES string of the molecule is Cc1ccccc1-c1cc2c(nn1)CCCCC2. The molecule has 1 aromatic heterocycles. The highest BCUT2D eigenvalue weighted by atomic mass is 15.1. The van der Waals surface area contributed by atoms with Crippen molar-refractivity contribution < 1.29 is 0 Å². The summed E-state index contributed by atoms with van der Waals surface area (Å²) in [5, 5.41) is 8.86. The van der Waals surface area contributed by atoms with Gasteiger partial charge in [-0.15, -0.1) is 0 Å². The van der Waals surface area contributed by atoms with Gasteiger partial charge in [-0.3, -0.25) is 0 Å². The van der Waals surface area contributed by atoms with E-state index in [1.807, 2.05) is 0 Å². The van der Waals surface area contributed by atoms with Gasteiger partial charge in [0.05, 0.1) is 11.4 Å². The summed E-state index contributed by atoms with van der Waals surface area (Å²) in [7, 11) is 0. The molecule has 0 amide bonds. The molecule has 0 aliphatic heterocycles. The molecule has 0 bridgehead atoms. The third-order valence-corrected chi connectivity index (χ3v) is 3.74. The van der Waals surface area contributed by atoms with E-state index >= 15 is 0 Å². The van der Waals surface area contributed by atoms with Gasteiger partial charge in [0.2, 0.25) is 0 Å². The third-order valence-electron chi connectivity index (χ3n) is 3.74. The molecule has 0 spiro atoms. The molecule has 1 aliphatic rings. The molecule has 18 heavy (non-hydrogen) atoms. The van der Waals surface area contributed by atoms with E-state index in [2.05, 4.69) is 47.5 Å². The number of rotatable bonds is 1. The summed E-state index contributed by atoms with van der Waals surface area (Å²) in [6.07, 6.45) is 6.10. The quantitative estimate of drug-likeness (QED) is 0.708. The van der Waals surface area contributed by atoms with Gasteiger partial charge in [0.15, 0.2) is 0 Å². The summed E-state index contributed by atoms with van der Waals surface area (Å²) in [4.78, 5) is 0. The molecule has 2 nitrogen and oxygen atoms in total. The average molecular weight is 238 g/mol. The molecule has 1 aliphatic carbocycles. The summed E-state index contributed by atoms with van der Waals surface area (Å²) in [6.45, 7) is 2.13. The fraction of sp³-hybridized carbons (Fsp3) is 0.375. The number of aromatic nitrogens is 2. The van der Waals surface area contributed by atoms with Crippen molar-refractivity contribution in [2.75, 3.05) is 0 Å². The van der Waals surface area contributed by atoms with Crippen LogP contribution in [0.25, 0.3) is 11.3 Å². The Morgan fingerprint density at radius 1 is 0.944 bits per heavy atom. The molecular weight excluding hydrogens is 220 g/mol. The Morgan fingerprint density at radius 2 is 1.78 bits per heavy atom. The van der Waals surface area contributed by atoms with Gasteiger partial charge < -0.3 is 0 Å². The van der Waals surface area contributed by atoms with Gasteiger partial charge in [-0.05, 0) is 49.8 Å². The van der Waals surface area contributed by atoms with Crippen molar-refractivity contribution >= 4 is 0 Å². The van der Waals surface area contributed by atoms with E-state index in [-0.39, 0.29) is 0 Å². The number of fused-ring (bicyclic) bond motifs is 1. The summed E-state index contributed by atoms with van der Waals surface area (Å²) in [5.41, 5.74) is 6.11. The van der Waals surface area contributed by atoms with Gasteiger partial charge >= 0.3 is 0 Å². The second kappa shape index (κ2) is 4.89. The highest BCUT2D eigenvalue weighted by molar-refractivity contribution is 5.63. The van der Waals surface area contributed by atoms with Crippen molar-refractivity contribution in [3.8, 4) is 11.3 Å². The lowest BCUT2D eigenvalue weighted by Crippen LogP contribution is -2.00. The largest absolute Gasteiger partial charge is 0.155 e. The van der Waals surface area contributed by atoms with Gasteiger partial charge in [0, 0.05) is 5.56 Å². The lowest BCUT2D eigenvalue weighted by molar-refractivity contribution is 0.706. The van der Waals surface area contributed by atoms with Crippen LogP contribution in [0.2, 0.25) is 0 Å². The van der Waals surface area contributed by atoms with Crippen LogP contribution in [0, 0.1) is 6.92 Å². The first-order chi connectivity index (χ1) is 8.84. The van der Waals surface area contributed by atoms with Crippen LogP contribution in [0.5, 0.6) is 0 Å². The molecular formula is C16H18N2. The van der Waals surface area contributed by atoms with E-state index in [9.17, 15) is 0 Å². The average Bonchev–Trinajstić information content (AvgIpc) is 2.63. The molecule has 2 heteroatoms. The van der Waals surface area contributed by atoms with E-state index in [4.69, 9.17) is 0 Å². The lowest BCUT2D eigenvalue weighted by atomic mass is 10.0. The molecule has 1 heterocycles. The van der Waals surface area contributed by atoms with Crippen molar-refractivity contribution in [3.05, 3.63) is 47.2 Å². The van der Waals surface area contributed by atoms with Crippen LogP contribution < -0.4 is 0 Å². The Morgan fingerprint density at radius 3 is 2.67 bits per heavy atom. The van der Waals surface area contributed by atoms with E-state index in [1.165, 1.54) is 41.6 Å². The Labute approximate surface area is 108 Å². The fourth-order valence-electron chi connectivity index (χ4n) is 2.66. The summed E-state index contributed by atoms with van der Waals surface area (Å²) >= 11 is 0. The Bertz CT molecular complexity index is 561. The molecule has 3 rings (SSSR count). The normalized spacial score (nSPS) is 14.9. The smallest absolute Gasteiger partial charge is 0.0935 e. The zero-order valence-electron chi connectivity index (χ0n) is 10.8. The molecule has 0 N–H and O–H groups in total. The van der Waals surface area contributed by atoms with Gasteiger partial charge in [0.1, 0.15) is 0 Å². The molecule has 2 aromatic rings. The highest BCUT2D eigenvalue weighted by Gasteiger charge is 2.12. The first kappa shape index (κ1) is 11.4. The summed E-state index contributed by atoms with van der Waals surface area (Å²) in [5.74, 6) is 0. The summed E-state index contributed by atoms with van der Waals surface area (Å²) < 4.78 is 0. The predicted molar refractivity (Wildman–Crippen MR) is 73.5 cm³/mol. The van der Waals surface area contributed by atoms with Crippen LogP contribution in [0.3, 0.4) is 0 Å². The molecule has 92 valence electrons. The summed E-state index contributed by atoms with van der Waals surface area (Å²) in [6, 6.07) is 10.6. The van der Waals surface area contributed by atoms with Crippen molar-refractivity contribution in [2.45, 2.75) is 39.0 Å². The lowest BCUT2D eigenvalue weighted by Gasteiger charge is -2.08. The van der Waals surface area contributed by atoms with E-state index in [0.717, 1.165) is 18.5 Å². The number of hydrogen-bond acceptors (Lipinski definition) is 2. The zero-order valence-corrected chi connectivity index (χ0v) is 10.8. The van der Waals surface area contributed by atoms with E-state index in [0.29, 0.717) is 0 Å². The molecule has 0 fully saturated rings. The minimum atomic E-state index is 1.02. The maximum Gasteiger partial charge on any atom is 0.0935 e. The monoisotopic (exact) mass is 238 g/mol. The van der Waals surface area contributed by atoms with Gasteiger partial charge in [-0.1, -0.05) is 30.7 Å². The van der Waals surface area contributed by atoms with E-state index in [1.54, 1.807) is 0 Å². The van der Waals surface area contributed by atoms with Crippen LogP contribution in [-0.2, 0) is 12.8 Å². The minimum absolute atomic E-state index is 1.02. The number of benzene rings is 1. The number of nitrogens with zero attached hydrogens (tertiary/aromatic N) is 2. The topological polar surface area (TPSA) is 25.8 Å². The Balaban J connectivity index is 2.04. The van der Waals surface area contributed by atoms with E-state index < -0.39 is 0 Å². The van der Waals surface area contributed by atoms with Gasteiger partial charge in [-0.25, -0.2) is 0 Å². The predicted octanol–water partition coefficient (Wildman–Crippen LogP) is 3.72.